The highest BCUT2D eigenvalue weighted by atomic mass is 16.5. The summed E-state index contributed by atoms with van der Waals surface area (Å²) in [6, 6.07) is 7.67. The Kier molecular flexibility index (Phi) is 6.31. The predicted octanol–water partition coefficient (Wildman–Crippen LogP) is 1.39. The second kappa shape index (κ2) is 8.74. The molecule has 2 aromatic heterocycles. The molecule has 0 aliphatic heterocycles. The molecule has 2 atom stereocenters. The number of anilines is 1. The summed E-state index contributed by atoms with van der Waals surface area (Å²) in [5, 5.41) is 13.9. The first-order valence-electron chi connectivity index (χ1n) is 10.0. The number of imidazole rings is 1. The van der Waals surface area contributed by atoms with E-state index in [2.05, 4.69) is 10.3 Å². The van der Waals surface area contributed by atoms with Crippen LogP contribution in [0.3, 0.4) is 0 Å². The highest BCUT2D eigenvalue weighted by Gasteiger charge is 2.22. The number of rotatable bonds is 8. The zero-order valence-corrected chi connectivity index (χ0v) is 18.0. The fourth-order valence-corrected chi connectivity index (χ4v) is 3.22. The number of aliphatic hydroxyl groups excluding tert-OH is 1. The number of aryl methyl sites for hydroxylation is 2. The van der Waals surface area contributed by atoms with Gasteiger partial charge in [-0.15, -0.1) is 0 Å². The molecule has 9 heteroatoms. The Bertz CT molecular complexity index is 1160. The molecule has 0 saturated heterocycles. The lowest BCUT2D eigenvalue weighted by Crippen LogP contribution is -2.38. The van der Waals surface area contributed by atoms with Crippen molar-refractivity contribution in [2.45, 2.75) is 45.9 Å². The van der Waals surface area contributed by atoms with Crippen molar-refractivity contribution in [2.24, 2.45) is 14.1 Å². The van der Waals surface area contributed by atoms with E-state index in [1.807, 2.05) is 45.0 Å². The number of nitrogens with one attached hydrogen (secondary N) is 1. The third-order valence-corrected chi connectivity index (χ3v) is 5.16. The van der Waals surface area contributed by atoms with E-state index < -0.39 is 17.4 Å². The quantitative estimate of drug-likeness (QED) is 0.576. The van der Waals surface area contributed by atoms with E-state index in [4.69, 9.17) is 4.74 Å². The van der Waals surface area contributed by atoms with Crippen LogP contribution in [0.1, 0.15) is 25.8 Å². The second-order valence-electron chi connectivity index (χ2n) is 7.66. The lowest BCUT2D eigenvalue weighted by molar-refractivity contribution is 0.0937. The van der Waals surface area contributed by atoms with E-state index in [1.54, 1.807) is 11.6 Å². The minimum Gasteiger partial charge on any atom is -0.491 e. The molecule has 0 saturated carbocycles. The largest absolute Gasteiger partial charge is 0.491 e. The minimum atomic E-state index is -0.887. The van der Waals surface area contributed by atoms with Crippen LogP contribution in [0, 0.1) is 6.92 Å². The molecule has 0 radical (unpaired) electrons. The number of aliphatic hydroxyl groups is 1. The molecular formula is C21H29N5O4. The van der Waals surface area contributed by atoms with Gasteiger partial charge in [0.15, 0.2) is 11.2 Å². The number of aromatic nitrogens is 4. The van der Waals surface area contributed by atoms with Gasteiger partial charge in [0.1, 0.15) is 18.5 Å². The van der Waals surface area contributed by atoms with Crippen LogP contribution in [0.15, 0.2) is 33.9 Å². The molecule has 3 rings (SSSR count). The SMILES string of the molecule is CC[C@@H](C)Nc1nc2c(c(=O)n(C)c(=O)n2C)n1C[C@H](O)COc1cccc(C)c1. The molecule has 1 aromatic carbocycles. The van der Waals surface area contributed by atoms with Gasteiger partial charge >= 0.3 is 5.69 Å². The molecule has 0 bridgehead atoms. The summed E-state index contributed by atoms with van der Waals surface area (Å²) in [6.07, 6.45) is -0.0403. The first-order chi connectivity index (χ1) is 14.2. The summed E-state index contributed by atoms with van der Waals surface area (Å²) in [6.45, 7) is 6.14. The summed E-state index contributed by atoms with van der Waals surface area (Å²) in [7, 11) is 3.01. The van der Waals surface area contributed by atoms with Crippen molar-refractivity contribution in [2.75, 3.05) is 11.9 Å². The Morgan fingerprint density at radius 2 is 1.97 bits per heavy atom. The van der Waals surface area contributed by atoms with E-state index in [0.29, 0.717) is 11.7 Å². The molecule has 0 aliphatic carbocycles. The highest BCUT2D eigenvalue weighted by Crippen LogP contribution is 2.18. The summed E-state index contributed by atoms with van der Waals surface area (Å²) in [4.78, 5) is 29.6. The molecule has 3 aromatic rings. The molecule has 0 spiro atoms. The summed E-state index contributed by atoms with van der Waals surface area (Å²) in [5.41, 5.74) is 0.702. The van der Waals surface area contributed by atoms with Crippen molar-refractivity contribution in [3.05, 3.63) is 50.7 Å². The molecular weight excluding hydrogens is 386 g/mol. The second-order valence-corrected chi connectivity index (χ2v) is 7.66. The zero-order chi connectivity index (χ0) is 22.0. The number of hydrogen-bond acceptors (Lipinski definition) is 6. The van der Waals surface area contributed by atoms with Crippen molar-refractivity contribution in [1.82, 2.24) is 18.7 Å². The third kappa shape index (κ3) is 4.25. The highest BCUT2D eigenvalue weighted by molar-refractivity contribution is 5.74. The molecule has 0 aliphatic rings. The Balaban J connectivity index is 1.96. The number of fused-ring (bicyclic) bond motifs is 1. The van der Waals surface area contributed by atoms with Crippen LogP contribution in [0.5, 0.6) is 5.75 Å². The first-order valence-corrected chi connectivity index (χ1v) is 10.0. The lowest BCUT2D eigenvalue weighted by atomic mass is 10.2. The van der Waals surface area contributed by atoms with Gasteiger partial charge in [-0.2, -0.15) is 4.98 Å². The van der Waals surface area contributed by atoms with Crippen molar-refractivity contribution >= 4 is 17.1 Å². The van der Waals surface area contributed by atoms with Crippen LogP contribution in [0.25, 0.3) is 11.2 Å². The average molecular weight is 415 g/mol. The Labute approximate surface area is 174 Å². The van der Waals surface area contributed by atoms with Gasteiger partial charge in [-0.1, -0.05) is 19.1 Å². The molecule has 9 nitrogen and oxygen atoms in total. The van der Waals surface area contributed by atoms with Gasteiger partial charge in [0, 0.05) is 20.1 Å². The number of nitrogens with zero attached hydrogens (tertiary/aromatic N) is 4. The van der Waals surface area contributed by atoms with Crippen LogP contribution in [-0.4, -0.2) is 42.5 Å². The van der Waals surface area contributed by atoms with Gasteiger partial charge in [0.05, 0.1) is 6.54 Å². The molecule has 0 amide bonds. The number of benzene rings is 1. The average Bonchev–Trinajstić information content (AvgIpc) is 3.07. The molecule has 0 fully saturated rings. The zero-order valence-electron chi connectivity index (χ0n) is 18.0. The van der Waals surface area contributed by atoms with Crippen molar-refractivity contribution in [3.8, 4) is 5.75 Å². The van der Waals surface area contributed by atoms with Gasteiger partial charge in [-0.3, -0.25) is 13.9 Å². The van der Waals surface area contributed by atoms with Gasteiger partial charge in [0.25, 0.3) is 5.56 Å². The number of hydrogen-bond donors (Lipinski definition) is 2. The molecule has 30 heavy (non-hydrogen) atoms. The van der Waals surface area contributed by atoms with E-state index in [-0.39, 0.29) is 30.4 Å². The Morgan fingerprint density at radius 3 is 2.63 bits per heavy atom. The fraction of sp³-hybridized carbons (Fsp3) is 0.476. The Morgan fingerprint density at radius 1 is 1.23 bits per heavy atom. The van der Waals surface area contributed by atoms with E-state index >= 15 is 0 Å². The smallest absolute Gasteiger partial charge is 0.332 e. The summed E-state index contributed by atoms with van der Waals surface area (Å²) >= 11 is 0. The third-order valence-electron chi connectivity index (χ3n) is 5.16. The van der Waals surface area contributed by atoms with Gasteiger partial charge in [0.2, 0.25) is 5.95 Å². The fourth-order valence-electron chi connectivity index (χ4n) is 3.22. The van der Waals surface area contributed by atoms with Crippen LogP contribution in [0.2, 0.25) is 0 Å². The summed E-state index contributed by atoms with van der Waals surface area (Å²) in [5.74, 6) is 1.10. The maximum absolute atomic E-state index is 12.8. The van der Waals surface area contributed by atoms with Crippen molar-refractivity contribution in [3.63, 3.8) is 0 Å². The van der Waals surface area contributed by atoms with Gasteiger partial charge in [-0.25, -0.2) is 4.79 Å². The van der Waals surface area contributed by atoms with Crippen molar-refractivity contribution in [1.29, 1.82) is 0 Å². The minimum absolute atomic E-state index is 0.0535. The lowest BCUT2D eigenvalue weighted by Gasteiger charge is -2.18. The predicted molar refractivity (Wildman–Crippen MR) is 116 cm³/mol. The van der Waals surface area contributed by atoms with Gasteiger partial charge in [-0.05, 0) is 38.0 Å². The van der Waals surface area contributed by atoms with E-state index in [1.165, 1.54) is 11.6 Å². The Hall–Kier alpha value is -3.07. The maximum atomic E-state index is 12.8. The van der Waals surface area contributed by atoms with Crippen LogP contribution >= 0.6 is 0 Å². The standard InChI is InChI=1S/C21H29N5O4/c1-6-14(3)22-20-23-18-17(19(28)25(5)21(29)24(18)4)26(20)11-15(27)12-30-16-9-7-8-13(2)10-16/h7-10,14-15,27H,6,11-12H2,1-5H3,(H,22,23)/t14-,15+/m1/s1. The molecule has 2 N–H and O–H groups in total. The monoisotopic (exact) mass is 415 g/mol. The first kappa shape index (κ1) is 21.6. The van der Waals surface area contributed by atoms with Crippen LogP contribution in [-0.2, 0) is 20.6 Å². The van der Waals surface area contributed by atoms with E-state index in [0.717, 1.165) is 16.6 Å². The van der Waals surface area contributed by atoms with Crippen LogP contribution in [0.4, 0.5) is 5.95 Å². The van der Waals surface area contributed by atoms with Crippen molar-refractivity contribution < 1.29 is 9.84 Å². The topological polar surface area (TPSA) is 103 Å². The van der Waals surface area contributed by atoms with E-state index in [9.17, 15) is 14.7 Å². The molecule has 2 heterocycles. The summed E-state index contributed by atoms with van der Waals surface area (Å²) < 4.78 is 9.72. The normalized spacial score (nSPS) is 13.4. The van der Waals surface area contributed by atoms with Crippen LogP contribution < -0.4 is 21.3 Å². The molecule has 162 valence electrons. The molecule has 0 unspecified atom stereocenters. The number of ether oxygens (including phenoxy) is 1. The van der Waals surface area contributed by atoms with Gasteiger partial charge < -0.3 is 19.7 Å². The maximum Gasteiger partial charge on any atom is 0.332 e.